The van der Waals surface area contributed by atoms with Gasteiger partial charge in [-0.25, -0.2) is 0 Å². The summed E-state index contributed by atoms with van der Waals surface area (Å²) in [6.45, 7) is -0.147. The van der Waals surface area contributed by atoms with Crippen LogP contribution in [0.2, 0.25) is 0 Å². The Hall–Kier alpha value is -0.730. The molecule has 1 unspecified atom stereocenters. The molecule has 0 bridgehead atoms. The van der Waals surface area contributed by atoms with Crippen molar-refractivity contribution in [1.29, 1.82) is 0 Å². The van der Waals surface area contributed by atoms with Crippen LogP contribution in [-0.2, 0) is 14.3 Å². The van der Waals surface area contributed by atoms with Crippen molar-refractivity contribution in [3.63, 3.8) is 0 Å². The van der Waals surface area contributed by atoms with E-state index in [1.165, 1.54) is 0 Å². The normalized spacial score (nSPS) is 43.3. The highest BCUT2D eigenvalue weighted by atomic mass is 16.6. The largest absolute Gasteiger partial charge is 0.465 e. The summed E-state index contributed by atoms with van der Waals surface area (Å²) in [7, 11) is 0. The molecular weight excluding hydrogens is 196 g/mol. The average molecular weight is 208 g/mol. The standard InChI is InChI=1S/C7H12O7/c8-2-13-1-3-4(9)5(10)6(11)7(12)14-3/h2-7,9-12H,1H2/t3-,4+,5+,6-,7?/m1/s1. The molecule has 7 heteroatoms. The molecule has 0 aromatic carbocycles. The molecule has 0 aromatic heterocycles. The number of rotatable bonds is 3. The molecule has 1 rings (SSSR count). The van der Waals surface area contributed by atoms with Gasteiger partial charge in [-0.1, -0.05) is 0 Å². The van der Waals surface area contributed by atoms with Gasteiger partial charge in [0.1, 0.15) is 31.0 Å². The van der Waals surface area contributed by atoms with Crippen LogP contribution in [0, 0.1) is 0 Å². The fourth-order valence-electron chi connectivity index (χ4n) is 1.20. The van der Waals surface area contributed by atoms with Gasteiger partial charge >= 0.3 is 0 Å². The zero-order valence-corrected chi connectivity index (χ0v) is 7.18. The van der Waals surface area contributed by atoms with Gasteiger partial charge < -0.3 is 29.9 Å². The van der Waals surface area contributed by atoms with Gasteiger partial charge in [0, 0.05) is 0 Å². The lowest BCUT2D eigenvalue weighted by atomic mass is 9.99. The van der Waals surface area contributed by atoms with Gasteiger partial charge in [-0.3, -0.25) is 4.79 Å². The van der Waals surface area contributed by atoms with Crippen LogP contribution >= 0.6 is 0 Å². The molecule has 14 heavy (non-hydrogen) atoms. The van der Waals surface area contributed by atoms with Crippen molar-refractivity contribution in [1.82, 2.24) is 0 Å². The lowest BCUT2D eigenvalue weighted by Gasteiger charge is -2.37. The number of aliphatic hydroxyl groups excluding tert-OH is 4. The van der Waals surface area contributed by atoms with E-state index in [1.54, 1.807) is 0 Å². The minimum absolute atomic E-state index is 0.153. The van der Waals surface area contributed by atoms with Gasteiger partial charge in [-0.15, -0.1) is 0 Å². The Bertz CT molecular complexity index is 196. The maximum atomic E-state index is 9.85. The van der Waals surface area contributed by atoms with Gasteiger partial charge in [0.15, 0.2) is 6.29 Å². The van der Waals surface area contributed by atoms with Crippen LogP contribution in [0.15, 0.2) is 0 Å². The van der Waals surface area contributed by atoms with E-state index in [-0.39, 0.29) is 13.1 Å². The molecule has 1 aliphatic rings. The molecule has 0 spiro atoms. The number of hydrogen-bond acceptors (Lipinski definition) is 7. The maximum Gasteiger partial charge on any atom is 0.293 e. The summed E-state index contributed by atoms with van der Waals surface area (Å²) >= 11 is 0. The highest BCUT2D eigenvalue weighted by Gasteiger charge is 2.43. The van der Waals surface area contributed by atoms with Crippen molar-refractivity contribution in [2.75, 3.05) is 6.61 Å². The molecule has 7 nitrogen and oxygen atoms in total. The van der Waals surface area contributed by atoms with E-state index in [0.717, 1.165) is 0 Å². The van der Waals surface area contributed by atoms with Crippen LogP contribution in [0.3, 0.4) is 0 Å². The van der Waals surface area contributed by atoms with Gasteiger partial charge in [0.05, 0.1) is 0 Å². The monoisotopic (exact) mass is 208 g/mol. The molecule has 82 valence electrons. The van der Waals surface area contributed by atoms with Crippen LogP contribution in [0.4, 0.5) is 0 Å². The van der Waals surface area contributed by atoms with Crippen LogP contribution < -0.4 is 0 Å². The Labute approximate surface area is 79.5 Å². The van der Waals surface area contributed by atoms with Gasteiger partial charge in [-0.05, 0) is 0 Å². The first-order valence-electron chi connectivity index (χ1n) is 4.01. The Balaban J connectivity index is 2.55. The zero-order chi connectivity index (χ0) is 10.7. The first-order chi connectivity index (χ1) is 6.57. The summed E-state index contributed by atoms with van der Waals surface area (Å²) in [6, 6.07) is 0. The van der Waals surface area contributed by atoms with Crippen LogP contribution in [-0.4, -0.2) is 64.2 Å². The Morgan fingerprint density at radius 1 is 1.14 bits per heavy atom. The third-order valence-electron chi connectivity index (χ3n) is 2.02. The number of carbonyl (C=O) groups excluding carboxylic acids is 1. The van der Waals surface area contributed by atoms with Crippen molar-refractivity contribution >= 4 is 6.47 Å². The highest BCUT2D eigenvalue weighted by Crippen LogP contribution is 2.19. The second-order valence-electron chi connectivity index (χ2n) is 2.97. The van der Waals surface area contributed by atoms with E-state index in [1.807, 2.05) is 0 Å². The molecule has 1 fully saturated rings. The predicted octanol–water partition coefficient (Wildman–Crippen LogP) is -3.04. The lowest BCUT2D eigenvalue weighted by Crippen LogP contribution is -2.58. The van der Waals surface area contributed by atoms with E-state index in [0.29, 0.717) is 0 Å². The van der Waals surface area contributed by atoms with Crippen LogP contribution in [0.5, 0.6) is 0 Å². The van der Waals surface area contributed by atoms with Crippen molar-refractivity contribution in [3.8, 4) is 0 Å². The molecule has 0 amide bonds. The van der Waals surface area contributed by atoms with Gasteiger partial charge in [0.25, 0.3) is 6.47 Å². The van der Waals surface area contributed by atoms with Crippen molar-refractivity contribution < 1.29 is 34.7 Å². The fourth-order valence-corrected chi connectivity index (χ4v) is 1.20. The first-order valence-corrected chi connectivity index (χ1v) is 4.01. The molecule has 0 aliphatic carbocycles. The Kier molecular flexibility index (Phi) is 3.78. The molecule has 0 aromatic rings. The van der Waals surface area contributed by atoms with Crippen molar-refractivity contribution in [2.45, 2.75) is 30.7 Å². The number of aliphatic hydroxyl groups is 4. The quantitative estimate of drug-likeness (QED) is 0.364. The second-order valence-corrected chi connectivity index (χ2v) is 2.97. The van der Waals surface area contributed by atoms with Crippen molar-refractivity contribution in [2.24, 2.45) is 0 Å². The Morgan fingerprint density at radius 2 is 1.79 bits per heavy atom. The molecule has 0 saturated carbocycles. The van der Waals surface area contributed by atoms with E-state index in [4.69, 9.17) is 14.9 Å². The van der Waals surface area contributed by atoms with E-state index in [9.17, 15) is 15.0 Å². The predicted molar refractivity (Wildman–Crippen MR) is 40.9 cm³/mol. The summed E-state index contributed by atoms with van der Waals surface area (Å²) in [5.74, 6) is 0. The molecule has 5 atom stereocenters. The first kappa shape index (κ1) is 11.3. The molecule has 0 radical (unpaired) electrons. The molecule has 1 aliphatic heterocycles. The van der Waals surface area contributed by atoms with Gasteiger partial charge in [-0.2, -0.15) is 0 Å². The van der Waals surface area contributed by atoms with Crippen LogP contribution in [0.1, 0.15) is 0 Å². The second kappa shape index (κ2) is 4.67. The number of hydrogen-bond donors (Lipinski definition) is 4. The third kappa shape index (κ3) is 2.20. The number of ether oxygens (including phenoxy) is 2. The van der Waals surface area contributed by atoms with E-state index >= 15 is 0 Å². The van der Waals surface area contributed by atoms with E-state index in [2.05, 4.69) is 4.74 Å². The third-order valence-corrected chi connectivity index (χ3v) is 2.02. The molecular formula is C7H12O7. The minimum Gasteiger partial charge on any atom is -0.465 e. The zero-order valence-electron chi connectivity index (χ0n) is 7.18. The Morgan fingerprint density at radius 3 is 2.36 bits per heavy atom. The molecule has 1 heterocycles. The fraction of sp³-hybridized carbons (Fsp3) is 0.857. The molecule has 1 saturated heterocycles. The molecule has 4 N–H and O–H groups in total. The SMILES string of the molecule is O=COC[C@H]1OC(O)[C@H](O)[C@@H](O)[C@H]1O. The highest BCUT2D eigenvalue weighted by molar-refractivity contribution is 5.36. The smallest absolute Gasteiger partial charge is 0.293 e. The summed E-state index contributed by atoms with van der Waals surface area (Å²) < 4.78 is 9.00. The van der Waals surface area contributed by atoms with Crippen molar-refractivity contribution in [3.05, 3.63) is 0 Å². The summed E-state index contributed by atoms with van der Waals surface area (Å²) in [5, 5.41) is 36.6. The minimum atomic E-state index is -1.60. The lowest BCUT2D eigenvalue weighted by molar-refractivity contribution is -0.286. The van der Waals surface area contributed by atoms with E-state index < -0.39 is 30.7 Å². The summed E-state index contributed by atoms with van der Waals surface area (Å²) in [4.78, 5) is 9.85. The number of carbonyl (C=O) groups is 1. The summed E-state index contributed by atoms with van der Waals surface area (Å²) in [5.41, 5.74) is 0. The maximum absolute atomic E-state index is 9.85. The average Bonchev–Trinajstić information content (AvgIpc) is 2.18. The van der Waals surface area contributed by atoms with Crippen LogP contribution in [0.25, 0.3) is 0 Å². The van der Waals surface area contributed by atoms with Gasteiger partial charge in [0.2, 0.25) is 0 Å². The topological polar surface area (TPSA) is 116 Å². The summed E-state index contributed by atoms with van der Waals surface area (Å²) in [6.07, 6.45) is -7.16.